The molecule has 2 heterocycles. The summed E-state index contributed by atoms with van der Waals surface area (Å²) in [5, 5.41) is 12.8. The number of thiazole rings is 1. The Balaban J connectivity index is 1.29. The number of fused-ring (bicyclic) bond motifs is 3. The monoisotopic (exact) mass is 515 g/mol. The predicted octanol–water partition coefficient (Wildman–Crippen LogP) is 6.59. The summed E-state index contributed by atoms with van der Waals surface area (Å²) in [7, 11) is 0. The largest absolute Gasteiger partial charge is 0.283 e. The van der Waals surface area contributed by atoms with Crippen molar-refractivity contribution in [2.75, 3.05) is 4.90 Å². The molecule has 1 aliphatic rings. The third-order valence-corrected chi connectivity index (χ3v) is 8.22. The normalized spacial score (nSPS) is 13.1. The first-order valence-electron chi connectivity index (χ1n) is 10.8. The van der Waals surface area contributed by atoms with E-state index in [0.717, 1.165) is 24.9 Å². The van der Waals surface area contributed by atoms with E-state index in [9.17, 15) is 24.1 Å². The van der Waals surface area contributed by atoms with Crippen molar-refractivity contribution in [1.29, 1.82) is 0 Å². The van der Waals surface area contributed by atoms with E-state index in [1.165, 1.54) is 47.4 Å². The molecule has 0 saturated heterocycles. The van der Waals surface area contributed by atoms with Gasteiger partial charge in [-0.15, -0.1) is 11.3 Å². The number of imide groups is 1. The predicted molar refractivity (Wildman–Crippen MR) is 137 cm³/mol. The number of hydrogen-bond acceptors (Lipinski definition) is 7. The van der Waals surface area contributed by atoms with Gasteiger partial charge < -0.3 is 0 Å². The molecular weight excluding hydrogens is 501 g/mol. The molecule has 6 rings (SSSR count). The van der Waals surface area contributed by atoms with E-state index < -0.39 is 16.7 Å². The number of carbonyl (C=O) groups is 2. The summed E-state index contributed by atoms with van der Waals surface area (Å²) in [5.41, 5.74) is 1.45. The van der Waals surface area contributed by atoms with E-state index in [4.69, 9.17) is 0 Å². The highest BCUT2D eigenvalue weighted by atomic mass is 32.2. The third-order valence-electron chi connectivity index (χ3n) is 6.01. The van der Waals surface area contributed by atoms with Crippen LogP contribution in [-0.4, -0.2) is 21.7 Å². The minimum atomic E-state index is -0.719. The molecule has 10 heteroatoms. The number of rotatable bonds is 5. The second-order valence-corrected chi connectivity index (χ2v) is 10.3. The maximum absolute atomic E-state index is 14.1. The molecular formula is C26H14FN3O4S2. The topological polar surface area (TPSA) is 93.4 Å². The zero-order valence-corrected chi connectivity index (χ0v) is 19.9. The first kappa shape index (κ1) is 22.3. The first-order chi connectivity index (χ1) is 17.4. The Bertz CT molecular complexity index is 1750. The Morgan fingerprint density at radius 1 is 0.972 bits per heavy atom. The van der Waals surface area contributed by atoms with Crippen molar-refractivity contribution in [1.82, 2.24) is 4.98 Å². The number of nitrogens with zero attached hydrogens (tertiary/aromatic N) is 3. The van der Waals surface area contributed by atoms with Gasteiger partial charge in [-0.2, -0.15) is 0 Å². The van der Waals surface area contributed by atoms with E-state index in [0.29, 0.717) is 22.3 Å². The fourth-order valence-corrected chi connectivity index (χ4v) is 6.44. The van der Waals surface area contributed by atoms with Gasteiger partial charge in [0, 0.05) is 17.2 Å². The molecule has 176 valence electrons. The second-order valence-electron chi connectivity index (χ2n) is 8.08. The summed E-state index contributed by atoms with van der Waals surface area (Å²) in [6, 6.07) is 19.6. The van der Waals surface area contributed by atoms with Crippen LogP contribution in [0.25, 0.3) is 21.0 Å². The lowest BCUT2D eigenvalue weighted by molar-refractivity contribution is -0.385. The van der Waals surface area contributed by atoms with Crippen molar-refractivity contribution < 1.29 is 18.9 Å². The molecule has 0 saturated carbocycles. The highest BCUT2D eigenvalue weighted by Crippen LogP contribution is 2.38. The SMILES string of the molecule is O=C1c2cccc([N+](=O)[O-])c2C(=O)N1c1ccc2nc(SCc3ccc(F)c4ccccc34)sc2c1. The van der Waals surface area contributed by atoms with Gasteiger partial charge in [0.15, 0.2) is 4.34 Å². The van der Waals surface area contributed by atoms with E-state index >= 15 is 0 Å². The summed E-state index contributed by atoms with van der Waals surface area (Å²) in [5.74, 6) is -0.982. The van der Waals surface area contributed by atoms with Crippen LogP contribution < -0.4 is 4.90 Å². The standard InChI is InChI=1S/C26H14FN3O4S2/c27-19-10-8-14(16-4-1-2-5-17(16)19)13-35-26-28-20-11-9-15(12-22(20)36-26)29-24(31)18-6-3-7-21(30(33)34)23(18)25(29)32/h1-12H,13H2. The maximum atomic E-state index is 14.1. The number of nitro benzene ring substituents is 1. The van der Waals surface area contributed by atoms with Gasteiger partial charge in [0.25, 0.3) is 17.5 Å². The molecule has 1 aliphatic heterocycles. The number of thioether (sulfide) groups is 1. The van der Waals surface area contributed by atoms with Crippen molar-refractivity contribution in [2.24, 2.45) is 0 Å². The smallest absolute Gasteiger partial charge is 0.268 e. The minimum Gasteiger partial charge on any atom is -0.268 e. The first-order valence-corrected chi connectivity index (χ1v) is 12.6. The maximum Gasteiger partial charge on any atom is 0.283 e. The fraction of sp³-hybridized carbons (Fsp3) is 0.0385. The van der Waals surface area contributed by atoms with Crippen LogP contribution >= 0.6 is 23.1 Å². The van der Waals surface area contributed by atoms with Crippen LogP contribution in [0.4, 0.5) is 15.8 Å². The van der Waals surface area contributed by atoms with Crippen molar-refractivity contribution in [2.45, 2.75) is 10.1 Å². The van der Waals surface area contributed by atoms with Crippen LogP contribution in [0.3, 0.4) is 0 Å². The van der Waals surface area contributed by atoms with E-state index in [2.05, 4.69) is 4.98 Å². The lowest BCUT2D eigenvalue weighted by atomic mass is 10.1. The number of halogens is 1. The molecule has 0 bridgehead atoms. The molecule has 0 aliphatic carbocycles. The fourth-order valence-electron chi connectivity index (χ4n) is 4.34. The van der Waals surface area contributed by atoms with Crippen LogP contribution in [0.15, 0.2) is 77.1 Å². The summed E-state index contributed by atoms with van der Waals surface area (Å²) in [4.78, 5) is 42.3. The molecule has 5 aromatic rings. The van der Waals surface area contributed by atoms with Gasteiger partial charge in [0.2, 0.25) is 0 Å². The van der Waals surface area contributed by atoms with Crippen molar-refractivity contribution in [3.63, 3.8) is 0 Å². The molecule has 2 amide bonds. The van der Waals surface area contributed by atoms with Gasteiger partial charge >= 0.3 is 0 Å². The highest BCUT2D eigenvalue weighted by Gasteiger charge is 2.41. The quantitative estimate of drug-likeness (QED) is 0.113. The molecule has 7 nitrogen and oxygen atoms in total. The Morgan fingerprint density at radius 3 is 2.58 bits per heavy atom. The van der Waals surface area contributed by atoms with Gasteiger partial charge in [-0.05, 0) is 41.3 Å². The van der Waals surface area contributed by atoms with Crippen LogP contribution in [0.5, 0.6) is 0 Å². The summed E-state index contributed by atoms with van der Waals surface area (Å²) >= 11 is 2.93. The average molecular weight is 516 g/mol. The van der Waals surface area contributed by atoms with Crippen LogP contribution in [0.2, 0.25) is 0 Å². The minimum absolute atomic E-state index is 0.0152. The molecule has 0 atom stereocenters. The lowest BCUT2D eigenvalue weighted by Crippen LogP contribution is -2.29. The van der Waals surface area contributed by atoms with Gasteiger partial charge in [-0.3, -0.25) is 19.7 Å². The summed E-state index contributed by atoms with van der Waals surface area (Å²) < 4.78 is 15.7. The van der Waals surface area contributed by atoms with Gasteiger partial charge in [-0.1, -0.05) is 48.2 Å². The third kappa shape index (κ3) is 3.53. The van der Waals surface area contributed by atoms with Gasteiger partial charge in [-0.25, -0.2) is 14.3 Å². The highest BCUT2D eigenvalue weighted by molar-refractivity contribution is 8.00. The Labute approximate surface area is 211 Å². The average Bonchev–Trinajstić information content (AvgIpc) is 3.41. The number of nitro groups is 1. The number of anilines is 1. The Kier molecular flexibility index (Phi) is 5.27. The molecule has 0 fully saturated rings. The number of hydrogen-bond donors (Lipinski definition) is 0. The molecule has 36 heavy (non-hydrogen) atoms. The van der Waals surface area contributed by atoms with Crippen LogP contribution in [-0.2, 0) is 5.75 Å². The Morgan fingerprint density at radius 2 is 1.78 bits per heavy atom. The number of carbonyl (C=O) groups excluding carboxylic acids is 2. The zero-order chi connectivity index (χ0) is 25.0. The summed E-state index contributed by atoms with van der Waals surface area (Å²) in [6.07, 6.45) is 0. The zero-order valence-electron chi connectivity index (χ0n) is 18.3. The van der Waals surface area contributed by atoms with Crippen molar-refractivity contribution in [3.05, 3.63) is 105 Å². The van der Waals surface area contributed by atoms with Gasteiger partial charge in [0.05, 0.1) is 26.4 Å². The lowest BCUT2D eigenvalue weighted by Gasteiger charge is -2.13. The van der Waals surface area contributed by atoms with Gasteiger partial charge in [0.1, 0.15) is 11.4 Å². The van der Waals surface area contributed by atoms with Crippen molar-refractivity contribution in [3.8, 4) is 0 Å². The number of amides is 2. The molecule has 0 spiro atoms. The molecule has 4 aromatic carbocycles. The van der Waals surface area contributed by atoms with E-state index in [1.54, 1.807) is 36.4 Å². The molecule has 0 N–H and O–H groups in total. The van der Waals surface area contributed by atoms with E-state index in [-0.39, 0.29) is 22.6 Å². The van der Waals surface area contributed by atoms with Crippen LogP contribution in [0, 0.1) is 15.9 Å². The molecule has 1 aromatic heterocycles. The molecule has 0 radical (unpaired) electrons. The number of aromatic nitrogens is 1. The number of benzene rings is 4. The summed E-state index contributed by atoms with van der Waals surface area (Å²) in [6.45, 7) is 0. The van der Waals surface area contributed by atoms with E-state index in [1.807, 2.05) is 12.1 Å². The Hall–Kier alpha value is -4.15. The molecule has 0 unspecified atom stereocenters. The van der Waals surface area contributed by atoms with Crippen LogP contribution in [0.1, 0.15) is 26.3 Å². The van der Waals surface area contributed by atoms with Crippen molar-refractivity contribution >= 4 is 67.3 Å². The second kappa shape index (κ2) is 8.51.